The SMILES string of the molecule is O=C1Nc2ccccc2SCC1(Cl)c1ccccc1. The van der Waals surface area contributed by atoms with Gasteiger partial charge in [0.2, 0.25) is 0 Å². The van der Waals surface area contributed by atoms with E-state index < -0.39 is 4.87 Å². The van der Waals surface area contributed by atoms with Crippen LogP contribution in [0.5, 0.6) is 0 Å². The van der Waals surface area contributed by atoms with Crippen LogP contribution >= 0.6 is 23.4 Å². The smallest absolute Gasteiger partial charge is 0.251 e. The lowest BCUT2D eigenvalue weighted by atomic mass is 9.99. The van der Waals surface area contributed by atoms with Gasteiger partial charge in [0.05, 0.1) is 5.69 Å². The molecule has 0 radical (unpaired) electrons. The van der Waals surface area contributed by atoms with Crippen molar-refractivity contribution in [3.05, 3.63) is 60.2 Å². The van der Waals surface area contributed by atoms with E-state index >= 15 is 0 Å². The van der Waals surface area contributed by atoms with Crippen molar-refractivity contribution < 1.29 is 4.79 Å². The summed E-state index contributed by atoms with van der Waals surface area (Å²) in [7, 11) is 0. The first-order valence-electron chi connectivity index (χ1n) is 5.98. The maximum Gasteiger partial charge on any atom is 0.251 e. The van der Waals surface area contributed by atoms with E-state index in [2.05, 4.69) is 5.32 Å². The molecule has 2 nitrogen and oxygen atoms in total. The minimum atomic E-state index is -1.02. The van der Waals surface area contributed by atoms with Crippen molar-refractivity contribution in [2.75, 3.05) is 11.1 Å². The zero-order valence-electron chi connectivity index (χ0n) is 10.1. The van der Waals surface area contributed by atoms with E-state index in [1.807, 2.05) is 54.6 Å². The van der Waals surface area contributed by atoms with Crippen LogP contribution in [0.3, 0.4) is 0 Å². The first kappa shape index (κ1) is 12.6. The normalized spacial score (nSPS) is 22.3. The third kappa shape index (κ3) is 2.24. The predicted octanol–water partition coefficient (Wildman–Crippen LogP) is 3.87. The molecule has 1 aliphatic rings. The Kier molecular flexibility index (Phi) is 3.25. The second-order valence-electron chi connectivity index (χ2n) is 4.41. The van der Waals surface area contributed by atoms with Crippen molar-refractivity contribution in [1.29, 1.82) is 0 Å². The van der Waals surface area contributed by atoms with Crippen molar-refractivity contribution in [2.24, 2.45) is 0 Å². The molecule has 1 N–H and O–H groups in total. The van der Waals surface area contributed by atoms with Gasteiger partial charge in [0.15, 0.2) is 4.87 Å². The van der Waals surface area contributed by atoms with E-state index in [1.165, 1.54) is 0 Å². The number of amides is 1. The van der Waals surface area contributed by atoms with Gasteiger partial charge in [0.1, 0.15) is 0 Å². The number of benzene rings is 2. The first-order valence-corrected chi connectivity index (χ1v) is 7.34. The van der Waals surface area contributed by atoms with Gasteiger partial charge in [-0.15, -0.1) is 23.4 Å². The van der Waals surface area contributed by atoms with Gasteiger partial charge in [-0.1, -0.05) is 42.5 Å². The van der Waals surface area contributed by atoms with Gasteiger partial charge in [-0.25, -0.2) is 0 Å². The highest BCUT2D eigenvalue weighted by Crippen LogP contribution is 2.41. The third-order valence-corrected chi connectivity index (χ3v) is 5.08. The summed E-state index contributed by atoms with van der Waals surface area (Å²) in [5.74, 6) is 0.347. The summed E-state index contributed by atoms with van der Waals surface area (Å²) < 4.78 is 0. The molecule has 1 atom stereocenters. The molecule has 96 valence electrons. The number of fused-ring (bicyclic) bond motifs is 1. The summed E-state index contributed by atoms with van der Waals surface area (Å²) in [5, 5.41) is 2.92. The highest BCUT2D eigenvalue weighted by atomic mass is 35.5. The number of carbonyl (C=O) groups excluding carboxylic acids is 1. The summed E-state index contributed by atoms with van der Waals surface area (Å²) in [6.07, 6.45) is 0. The molecule has 4 heteroatoms. The molecule has 1 aliphatic heterocycles. The van der Waals surface area contributed by atoms with E-state index in [0.717, 1.165) is 16.1 Å². The fourth-order valence-electron chi connectivity index (χ4n) is 2.08. The zero-order valence-corrected chi connectivity index (χ0v) is 11.7. The van der Waals surface area contributed by atoms with Gasteiger partial charge < -0.3 is 5.32 Å². The van der Waals surface area contributed by atoms with Gasteiger partial charge in [-0.3, -0.25) is 4.79 Å². The molecular weight excluding hydrogens is 278 g/mol. The average Bonchev–Trinajstić information content (AvgIpc) is 2.59. The molecular formula is C15H12ClNOS. The van der Waals surface area contributed by atoms with E-state index in [0.29, 0.717) is 5.75 Å². The van der Waals surface area contributed by atoms with E-state index in [4.69, 9.17) is 11.6 Å². The molecule has 0 aliphatic carbocycles. The maximum atomic E-state index is 12.4. The summed E-state index contributed by atoms with van der Waals surface area (Å²) in [4.78, 5) is 12.5. The van der Waals surface area contributed by atoms with Crippen LogP contribution in [-0.4, -0.2) is 11.7 Å². The minimum absolute atomic E-state index is 0.169. The Hall–Kier alpha value is -1.45. The Morgan fingerprint density at radius 3 is 2.53 bits per heavy atom. The Balaban J connectivity index is 2.01. The average molecular weight is 290 g/mol. The molecule has 1 amide bonds. The third-order valence-electron chi connectivity index (χ3n) is 3.15. The number of carbonyl (C=O) groups is 1. The Morgan fingerprint density at radius 2 is 1.74 bits per heavy atom. The van der Waals surface area contributed by atoms with Crippen LogP contribution < -0.4 is 5.32 Å². The topological polar surface area (TPSA) is 29.1 Å². The molecule has 0 saturated heterocycles. The minimum Gasteiger partial charge on any atom is -0.323 e. The fourth-order valence-corrected chi connectivity index (χ4v) is 3.52. The van der Waals surface area contributed by atoms with E-state index in [9.17, 15) is 4.79 Å². The van der Waals surface area contributed by atoms with Crippen molar-refractivity contribution in [2.45, 2.75) is 9.77 Å². The lowest BCUT2D eigenvalue weighted by Crippen LogP contribution is -2.36. The largest absolute Gasteiger partial charge is 0.323 e. The molecule has 1 heterocycles. The molecule has 0 spiro atoms. The second-order valence-corrected chi connectivity index (χ2v) is 6.07. The Bertz CT molecular complexity index is 617. The number of anilines is 1. The summed E-state index contributed by atoms with van der Waals surface area (Å²) in [6.45, 7) is 0. The van der Waals surface area contributed by atoms with Gasteiger partial charge in [0, 0.05) is 10.6 Å². The summed E-state index contributed by atoms with van der Waals surface area (Å²) >= 11 is 8.21. The van der Waals surface area contributed by atoms with Gasteiger partial charge in [-0.2, -0.15) is 0 Å². The van der Waals surface area contributed by atoms with Crippen LogP contribution in [0, 0.1) is 0 Å². The quantitative estimate of drug-likeness (QED) is 0.808. The van der Waals surface area contributed by atoms with Crippen molar-refractivity contribution in [1.82, 2.24) is 0 Å². The number of halogens is 1. The fraction of sp³-hybridized carbons (Fsp3) is 0.133. The number of hydrogen-bond acceptors (Lipinski definition) is 2. The second kappa shape index (κ2) is 4.91. The molecule has 2 aromatic rings. The molecule has 0 bridgehead atoms. The number of rotatable bonds is 1. The van der Waals surface area contributed by atoms with Crippen LogP contribution in [0.1, 0.15) is 5.56 Å². The Labute approximate surface area is 121 Å². The van der Waals surface area contributed by atoms with Crippen LogP contribution in [0.25, 0.3) is 0 Å². The molecule has 1 unspecified atom stereocenters. The van der Waals surface area contributed by atoms with Crippen LogP contribution in [0.15, 0.2) is 59.5 Å². The van der Waals surface area contributed by atoms with Gasteiger partial charge in [-0.05, 0) is 17.7 Å². The molecule has 2 aromatic carbocycles. The first-order chi connectivity index (χ1) is 9.20. The monoisotopic (exact) mass is 289 g/mol. The van der Waals surface area contributed by atoms with Crippen LogP contribution in [-0.2, 0) is 9.67 Å². The van der Waals surface area contributed by atoms with Gasteiger partial charge in [0.25, 0.3) is 5.91 Å². The number of nitrogens with one attached hydrogen (secondary N) is 1. The van der Waals surface area contributed by atoms with E-state index in [-0.39, 0.29) is 5.91 Å². The van der Waals surface area contributed by atoms with Crippen molar-refractivity contribution in [3.8, 4) is 0 Å². The van der Waals surface area contributed by atoms with Crippen LogP contribution in [0.2, 0.25) is 0 Å². The summed E-state index contributed by atoms with van der Waals surface area (Å²) in [5.41, 5.74) is 1.66. The number of thioether (sulfide) groups is 1. The number of para-hydroxylation sites is 1. The van der Waals surface area contributed by atoms with E-state index in [1.54, 1.807) is 11.8 Å². The van der Waals surface area contributed by atoms with Crippen LogP contribution in [0.4, 0.5) is 5.69 Å². The lowest BCUT2D eigenvalue weighted by molar-refractivity contribution is -0.118. The highest BCUT2D eigenvalue weighted by Gasteiger charge is 2.40. The van der Waals surface area contributed by atoms with Crippen molar-refractivity contribution in [3.63, 3.8) is 0 Å². The lowest BCUT2D eigenvalue weighted by Gasteiger charge is -2.23. The highest BCUT2D eigenvalue weighted by molar-refractivity contribution is 7.99. The molecule has 3 rings (SSSR count). The zero-order chi connectivity index (χ0) is 13.3. The molecule has 0 fully saturated rings. The predicted molar refractivity (Wildman–Crippen MR) is 79.8 cm³/mol. The maximum absolute atomic E-state index is 12.4. The van der Waals surface area contributed by atoms with Crippen molar-refractivity contribution >= 4 is 35.0 Å². The summed E-state index contributed by atoms with van der Waals surface area (Å²) in [6, 6.07) is 17.3. The number of hydrogen-bond donors (Lipinski definition) is 1. The van der Waals surface area contributed by atoms with Gasteiger partial charge >= 0.3 is 0 Å². The number of alkyl halides is 1. The standard InChI is InChI=1S/C15H12ClNOS/c16-15(11-6-2-1-3-7-11)10-19-13-9-5-4-8-12(13)17-14(15)18/h1-9H,10H2,(H,17,18). The molecule has 0 saturated carbocycles. The Morgan fingerprint density at radius 1 is 1.05 bits per heavy atom. The molecule has 19 heavy (non-hydrogen) atoms. The molecule has 0 aromatic heterocycles.